The molecule has 0 saturated carbocycles. The Balaban J connectivity index is 2.64. The van der Waals surface area contributed by atoms with Crippen LogP contribution >= 0.6 is 11.6 Å². The number of hydrogen-bond acceptors (Lipinski definition) is 3. The average molecular weight is 220 g/mol. The topological polar surface area (TPSA) is 38.7 Å². The second kappa shape index (κ2) is 3.95. The highest BCUT2D eigenvalue weighted by Gasteiger charge is 2.07. The Morgan fingerprint density at radius 2 is 1.93 bits per heavy atom. The van der Waals surface area contributed by atoms with Crippen LogP contribution in [0.3, 0.4) is 0 Å². The van der Waals surface area contributed by atoms with Gasteiger partial charge in [-0.05, 0) is 42.6 Å². The molecule has 0 aromatic carbocycles. The standard InChI is InChI=1S/C11H10ClN3/c1-7-3-4-13-6-9(7)10-8(2)5-14-11(12)15-10/h3-6H,1-2H3. The smallest absolute Gasteiger partial charge is 0.222 e. The van der Waals surface area contributed by atoms with E-state index in [0.717, 1.165) is 22.4 Å². The molecule has 0 saturated heterocycles. The fourth-order valence-corrected chi connectivity index (χ4v) is 1.54. The van der Waals surface area contributed by atoms with Gasteiger partial charge in [-0.1, -0.05) is 0 Å². The second-order valence-corrected chi connectivity index (χ2v) is 3.70. The summed E-state index contributed by atoms with van der Waals surface area (Å²) < 4.78 is 0. The third kappa shape index (κ3) is 1.97. The van der Waals surface area contributed by atoms with Gasteiger partial charge in [-0.2, -0.15) is 0 Å². The maximum atomic E-state index is 5.78. The fourth-order valence-electron chi connectivity index (χ4n) is 1.41. The molecule has 0 fully saturated rings. The number of hydrogen-bond donors (Lipinski definition) is 0. The minimum Gasteiger partial charge on any atom is -0.264 e. The van der Waals surface area contributed by atoms with Crippen molar-refractivity contribution in [2.24, 2.45) is 0 Å². The molecule has 0 atom stereocenters. The summed E-state index contributed by atoms with van der Waals surface area (Å²) in [5, 5.41) is 0.263. The third-order valence-corrected chi connectivity index (χ3v) is 2.42. The molecule has 0 aliphatic carbocycles. The maximum Gasteiger partial charge on any atom is 0.222 e. The third-order valence-electron chi connectivity index (χ3n) is 2.24. The van der Waals surface area contributed by atoms with Gasteiger partial charge in [0, 0.05) is 24.2 Å². The summed E-state index contributed by atoms with van der Waals surface area (Å²) in [6.45, 7) is 3.98. The van der Waals surface area contributed by atoms with E-state index in [4.69, 9.17) is 11.6 Å². The summed E-state index contributed by atoms with van der Waals surface area (Å²) in [4.78, 5) is 12.2. The highest BCUT2D eigenvalue weighted by Crippen LogP contribution is 2.23. The first-order chi connectivity index (χ1) is 7.18. The summed E-state index contributed by atoms with van der Waals surface area (Å²) in [5.74, 6) is 0. The van der Waals surface area contributed by atoms with Crippen LogP contribution in [0, 0.1) is 13.8 Å². The molecule has 3 nitrogen and oxygen atoms in total. The first-order valence-corrected chi connectivity index (χ1v) is 4.96. The lowest BCUT2D eigenvalue weighted by molar-refractivity contribution is 1.12. The molecule has 2 rings (SSSR count). The summed E-state index contributed by atoms with van der Waals surface area (Å²) >= 11 is 5.78. The van der Waals surface area contributed by atoms with Crippen LogP contribution in [0.25, 0.3) is 11.3 Å². The zero-order valence-corrected chi connectivity index (χ0v) is 9.28. The Morgan fingerprint density at radius 3 is 2.67 bits per heavy atom. The molecular weight excluding hydrogens is 210 g/mol. The summed E-state index contributed by atoms with van der Waals surface area (Å²) in [6.07, 6.45) is 5.27. The van der Waals surface area contributed by atoms with Crippen molar-refractivity contribution in [3.8, 4) is 11.3 Å². The van der Waals surface area contributed by atoms with Crippen LogP contribution in [0.1, 0.15) is 11.1 Å². The monoisotopic (exact) mass is 219 g/mol. The molecule has 76 valence electrons. The number of rotatable bonds is 1. The molecule has 0 aliphatic rings. The molecule has 0 unspecified atom stereocenters. The fraction of sp³-hybridized carbons (Fsp3) is 0.182. The predicted molar refractivity (Wildman–Crippen MR) is 59.7 cm³/mol. The Morgan fingerprint density at radius 1 is 1.13 bits per heavy atom. The zero-order chi connectivity index (χ0) is 10.8. The molecule has 0 radical (unpaired) electrons. The van der Waals surface area contributed by atoms with E-state index in [9.17, 15) is 0 Å². The van der Waals surface area contributed by atoms with Crippen molar-refractivity contribution in [1.82, 2.24) is 15.0 Å². The van der Waals surface area contributed by atoms with Crippen LogP contribution in [0.5, 0.6) is 0 Å². The van der Waals surface area contributed by atoms with Gasteiger partial charge in [-0.25, -0.2) is 9.97 Å². The minimum atomic E-state index is 0.263. The molecule has 0 aliphatic heterocycles. The lowest BCUT2D eigenvalue weighted by atomic mass is 10.1. The van der Waals surface area contributed by atoms with Gasteiger partial charge < -0.3 is 0 Å². The normalized spacial score (nSPS) is 10.3. The van der Waals surface area contributed by atoms with Crippen LogP contribution in [-0.2, 0) is 0 Å². The quantitative estimate of drug-likeness (QED) is 0.693. The van der Waals surface area contributed by atoms with E-state index in [2.05, 4.69) is 15.0 Å². The van der Waals surface area contributed by atoms with Crippen molar-refractivity contribution in [3.63, 3.8) is 0 Å². The number of pyridine rings is 1. The van der Waals surface area contributed by atoms with Crippen molar-refractivity contribution >= 4 is 11.6 Å². The van der Waals surface area contributed by atoms with E-state index >= 15 is 0 Å². The van der Waals surface area contributed by atoms with Gasteiger partial charge in [0.1, 0.15) is 0 Å². The van der Waals surface area contributed by atoms with Crippen molar-refractivity contribution in [3.05, 3.63) is 41.1 Å². The van der Waals surface area contributed by atoms with Gasteiger partial charge in [0.15, 0.2) is 0 Å². The minimum absolute atomic E-state index is 0.263. The number of aromatic nitrogens is 3. The van der Waals surface area contributed by atoms with Crippen molar-refractivity contribution < 1.29 is 0 Å². The SMILES string of the molecule is Cc1ccncc1-c1nc(Cl)ncc1C. The lowest BCUT2D eigenvalue weighted by Gasteiger charge is -2.06. The molecule has 0 bridgehead atoms. The van der Waals surface area contributed by atoms with E-state index < -0.39 is 0 Å². The molecule has 0 spiro atoms. The van der Waals surface area contributed by atoms with Gasteiger partial charge in [0.05, 0.1) is 5.69 Å². The van der Waals surface area contributed by atoms with Gasteiger partial charge >= 0.3 is 0 Å². The lowest BCUT2D eigenvalue weighted by Crippen LogP contribution is -1.94. The van der Waals surface area contributed by atoms with Crippen LogP contribution in [0.2, 0.25) is 5.28 Å². The van der Waals surface area contributed by atoms with Gasteiger partial charge in [-0.15, -0.1) is 0 Å². The highest BCUT2D eigenvalue weighted by atomic mass is 35.5. The van der Waals surface area contributed by atoms with Crippen molar-refractivity contribution in [1.29, 1.82) is 0 Å². The van der Waals surface area contributed by atoms with Crippen molar-refractivity contribution in [2.45, 2.75) is 13.8 Å². The van der Waals surface area contributed by atoms with Gasteiger partial charge in [0.2, 0.25) is 5.28 Å². The van der Waals surface area contributed by atoms with Gasteiger partial charge in [0.25, 0.3) is 0 Å². The van der Waals surface area contributed by atoms with E-state index in [1.54, 1.807) is 18.6 Å². The van der Waals surface area contributed by atoms with E-state index in [0.29, 0.717) is 0 Å². The number of halogens is 1. The molecule has 4 heteroatoms. The molecule has 2 aromatic rings. The Kier molecular flexibility index (Phi) is 2.64. The van der Waals surface area contributed by atoms with Crippen molar-refractivity contribution in [2.75, 3.05) is 0 Å². The first-order valence-electron chi connectivity index (χ1n) is 4.58. The van der Waals surface area contributed by atoms with E-state index in [1.807, 2.05) is 19.9 Å². The Hall–Kier alpha value is -1.48. The Bertz CT molecular complexity index is 497. The zero-order valence-electron chi connectivity index (χ0n) is 8.53. The van der Waals surface area contributed by atoms with Crippen LogP contribution in [0.4, 0.5) is 0 Å². The molecule has 2 aromatic heterocycles. The maximum absolute atomic E-state index is 5.78. The summed E-state index contributed by atoms with van der Waals surface area (Å²) in [6, 6.07) is 1.95. The number of nitrogens with zero attached hydrogens (tertiary/aromatic N) is 3. The molecule has 0 N–H and O–H groups in total. The van der Waals surface area contributed by atoms with Crippen LogP contribution in [-0.4, -0.2) is 15.0 Å². The number of aryl methyl sites for hydroxylation is 2. The predicted octanol–water partition coefficient (Wildman–Crippen LogP) is 2.81. The first kappa shape index (κ1) is 10.1. The summed E-state index contributed by atoms with van der Waals surface area (Å²) in [5.41, 5.74) is 3.97. The van der Waals surface area contributed by atoms with E-state index in [1.165, 1.54) is 0 Å². The highest BCUT2D eigenvalue weighted by molar-refractivity contribution is 6.28. The van der Waals surface area contributed by atoms with Crippen LogP contribution < -0.4 is 0 Å². The second-order valence-electron chi connectivity index (χ2n) is 3.36. The molecule has 15 heavy (non-hydrogen) atoms. The average Bonchev–Trinajstić information content (AvgIpc) is 2.23. The van der Waals surface area contributed by atoms with E-state index in [-0.39, 0.29) is 5.28 Å². The largest absolute Gasteiger partial charge is 0.264 e. The Labute approximate surface area is 93.2 Å². The molecular formula is C11H10ClN3. The molecule has 0 amide bonds. The summed E-state index contributed by atoms with van der Waals surface area (Å²) in [7, 11) is 0. The van der Waals surface area contributed by atoms with Crippen LogP contribution in [0.15, 0.2) is 24.7 Å². The molecule has 2 heterocycles. The van der Waals surface area contributed by atoms with Gasteiger partial charge in [-0.3, -0.25) is 4.98 Å².